The summed E-state index contributed by atoms with van der Waals surface area (Å²) in [7, 11) is 1.48. The van der Waals surface area contributed by atoms with E-state index in [2.05, 4.69) is 5.10 Å². The van der Waals surface area contributed by atoms with Crippen molar-refractivity contribution in [1.82, 2.24) is 9.78 Å². The highest BCUT2D eigenvalue weighted by Crippen LogP contribution is 2.25. The van der Waals surface area contributed by atoms with Crippen molar-refractivity contribution < 1.29 is 14.2 Å². The molecule has 0 amide bonds. The smallest absolute Gasteiger partial charge is 0.132 e. The Kier molecular flexibility index (Phi) is 4.96. The SMILES string of the molecule is CCc1cc(CC(O)c2ccc(OC)cc2F)n(CC)n1. The van der Waals surface area contributed by atoms with E-state index in [0.29, 0.717) is 12.2 Å². The Morgan fingerprint density at radius 3 is 2.67 bits per heavy atom. The molecular formula is C16H21FN2O2. The molecule has 4 nitrogen and oxygen atoms in total. The van der Waals surface area contributed by atoms with Crippen molar-refractivity contribution in [2.24, 2.45) is 0 Å². The summed E-state index contributed by atoms with van der Waals surface area (Å²) in [5, 5.41) is 14.7. The quantitative estimate of drug-likeness (QED) is 0.890. The van der Waals surface area contributed by atoms with Gasteiger partial charge in [0.2, 0.25) is 0 Å². The molecule has 0 bridgehead atoms. The fourth-order valence-electron chi connectivity index (χ4n) is 2.34. The molecule has 1 unspecified atom stereocenters. The second-order valence-electron chi connectivity index (χ2n) is 4.90. The van der Waals surface area contributed by atoms with Gasteiger partial charge >= 0.3 is 0 Å². The number of halogens is 1. The maximum atomic E-state index is 14.0. The van der Waals surface area contributed by atoms with Crippen LogP contribution in [0.2, 0.25) is 0 Å². The van der Waals surface area contributed by atoms with Crippen molar-refractivity contribution in [3.63, 3.8) is 0 Å². The minimum atomic E-state index is -0.900. The van der Waals surface area contributed by atoms with Crippen LogP contribution in [-0.4, -0.2) is 22.0 Å². The summed E-state index contributed by atoms with van der Waals surface area (Å²) >= 11 is 0. The molecule has 0 aliphatic rings. The standard InChI is InChI=1S/C16H21FN2O2/c1-4-11-8-12(19(5-2)18-11)9-16(20)14-7-6-13(21-3)10-15(14)17/h6-8,10,16,20H,4-5,9H2,1-3H3. The minimum Gasteiger partial charge on any atom is -0.497 e. The number of aromatic nitrogens is 2. The molecule has 1 heterocycles. The molecule has 0 spiro atoms. The molecule has 0 aliphatic carbocycles. The molecule has 0 saturated heterocycles. The Balaban J connectivity index is 2.21. The monoisotopic (exact) mass is 292 g/mol. The van der Waals surface area contributed by atoms with E-state index < -0.39 is 11.9 Å². The van der Waals surface area contributed by atoms with Gasteiger partial charge in [0.25, 0.3) is 0 Å². The van der Waals surface area contributed by atoms with Gasteiger partial charge in [0.15, 0.2) is 0 Å². The normalized spacial score (nSPS) is 12.4. The highest BCUT2D eigenvalue weighted by atomic mass is 19.1. The molecule has 1 atom stereocenters. The van der Waals surface area contributed by atoms with E-state index >= 15 is 0 Å². The van der Waals surface area contributed by atoms with Crippen LogP contribution in [0.3, 0.4) is 0 Å². The van der Waals surface area contributed by atoms with Crippen molar-refractivity contribution in [3.8, 4) is 5.75 Å². The third-order valence-corrected chi connectivity index (χ3v) is 3.54. The average Bonchev–Trinajstić information content (AvgIpc) is 2.88. The number of hydrogen-bond acceptors (Lipinski definition) is 3. The van der Waals surface area contributed by atoms with Gasteiger partial charge in [-0.25, -0.2) is 4.39 Å². The Morgan fingerprint density at radius 1 is 1.33 bits per heavy atom. The van der Waals surface area contributed by atoms with E-state index in [1.807, 2.05) is 24.6 Å². The van der Waals surface area contributed by atoms with Gasteiger partial charge in [-0.2, -0.15) is 5.10 Å². The molecule has 1 N–H and O–H groups in total. The zero-order valence-corrected chi connectivity index (χ0v) is 12.6. The molecular weight excluding hydrogens is 271 g/mol. The predicted molar refractivity (Wildman–Crippen MR) is 78.9 cm³/mol. The first-order valence-corrected chi connectivity index (χ1v) is 7.16. The molecule has 5 heteroatoms. The van der Waals surface area contributed by atoms with Crippen LogP contribution in [-0.2, 0) is 19.4 Å². The lowest BCUT2D eigenvalue weighted by Crippen LogP contribution is -2.09. The molecule has 0 fully saturated rings. The minimum absolute atomic E-state index is 0.276. The van der Waals surface area contributed by atoms with Crippen LogP contribution in [0.4, 0.5) is 4.39 Å². The van der Waals surface area contributed by atoms with Gasteiger partial charge in [-0.05, 0) is 31.5 Å². The Labute approximate surface area is 124 Å². The van der Waals surface area contributed by atoms with Crippen LogP contribution in [0.15, 0.2) is 24.3 Å². The molecule has 21 heavy (non-hydrogen) atoms. The third-order valence-electron chi connectivity index (χ3n) is 3.54. The van der Waals surface area contributed by atoms with Gasteiger partial charge in [0.1, 0.15) is 11.6 Å². The number of aliphatic hydroxyl groups is 1. The van der Waals surface area contributed by atoms with Crippen molar-refractivity contribution >= 4 is 0 Å². The van der Waals surface area contributed by atoms with Crippen LogP contribution < -0.4 is 4.74 Å². The van der Waals surface area contributed by atoms with Crippen molar-refractivity contribution in [1.29, 1.82) is 0 Å². The number of ether oxygens (including phenoxy) is 1. The van der Waals surface area contributed by atoms with Crippen molar-refractivity contribution in [2.45, 2.75) is 39.3 Å². The van der Waals surface area contributed by atoms with Crippen LogP contribution in [0.25, 0.3) is 0 Å². The molecule has 114 valence electrons. The summed E-state index contributed by atoms with van der Waals surface area (Å²) in [4.78, 5) is 0. The predicted octanol–water partition coefficient (Wildman–Crippen LogP) is 2.89. The first kappa shape index (κ1) is 15.5. The summed E-state index contributed by atoms with van der Waals surface area (Å²) < 4.78 is 20.8. The van der Waals surface area contributed by atoms with Crippen LogP contribution >= 0.6 is 0 Å². The number of nitrogens with zero attached hydrogens (tertiary/aromatic N) is 2. The zero-order chi connectivity index (χ0) is 15.4. The molecule has 2 rings (SSSR count). The molecule has 1 aromatic heterocycles. The Morgan fingerprint density at radius 2 is 2.10 bits per heavy atom. The lowest BCUT2D eigenvalue weighted by atomic mass is 10.0. The van der Waals surface area contributed by atoms with E-state index in [0.717, 1.165) is 24.4 Å². The summed E-state index contributed by atoms with van der Waals surface area (Å²) in [5.74, 6) is -0.0181. The van der Waals surface area contributed by atoms with Crippen molar-refractivity contribution in [2.75, 3.05) is 7.11 Å². The van der Waals surface area contributed by atoms with Crippen LogP contribution in [0.1, 0.15) is 36.9 Å². The Bertz CT molecular complexity index is 610. The van der Waals surface area contributed by atoms with E-state index in [-0.39, 0.29) is 5.56 Å². The van der Waals surface area contributed by atoms with Crippen LogP contribution in [0, 0.1) is 5.82 Å². The number of methoxy groups -OCH3 is 1. The lowest BCUT2D eigenvalue weighted by molar-refractivity contribution is 0.170. The number of rotatable bonds is 6. The van der Waals surface area contributed by atoms with Gasteiger partial charge in [-0.15, -0.1) is 0 Å². The molecule has 0 saturated carbocycles. The average molecular weight is 292 g/mol. The van der Waals surface area contributed by atoms with Gasteiger partial charge in [0.05, 0.1) is 18.9 Å². The van der Waals surface area contributed by atoms with Gasteiger partial charge < -0.3 is 9.84 Å². The van der Waals surface area contributed by atoms with E-state index in [1.165, 1.54) is 13.2 Å². The topological polar surface area (TPSA) is 47.3 Å². The fraction of sp³-hybridized carbons (Fsp3) is 0.438. The zero-order valence-electron chi connectivity index (χ0n) is 12.6. The maximum absolute atomic E-state index is 14.0. The second kappa shape index (κ2) is 6.72. The third kappa shape index (κ3) is 3.42. The van der Waals surface area contributed by atoms with Crippen LogP contribution in [0.5, 0.6) is 5.75 Å². The summed E-state index contributed by atoms with van der Waals surface area (Å²) in [5.41, 5.74) is 2.17. The van der Waals surface area contributed by atoms with Gasteiger partial charge in [-0.1, -0.05) is 6.92 Å². The highest BCUT2D eigenvalue weighted by molar-refractivity contribution is 5.31. The number of aliphatic hydroxyl groups excluding tert-OH is 1. The number of benzene rings is 1. The molecule has 2 aromatic rings. The second-order valence-corrected chi connectivity index (χ2v) is 4.90. The summed E-state index contributed by atoms with van der Waals surface area (Å²) in [6.45, 7) is 4.76. The maximum Gasteiger partial charge on any atom is 0.132 e. The van der Waals surface area contributed by atoms with E-state index in [1.54, 1.807) is 12.1 Å². The molecule has 1 aromatic carbocycles. The summed E-state index contributed by atoms with van der Waals surface area (Å²) in [6, 6.07) is 6.46. The first-order valence-electron chi connectivity index (χ1n) is 7.16. The van der Waals surface area contributed by atoms with Gasteiger partial charge in [-0.3, -0.25) is 4.68 Å². The Hall–Kier alpha value is -1.88. The highest BCUT2D eigenvalue weighted by Gasteiger charge is 2.17. The fourth-order valence-corrected chi connectivity index (χ4v) is 2.34. The van der Waals surface area contributed by atoms with E-state index in [4.69, 9.17) is 4.74 Å². The largest absolute Gasteiger partial charge is 0.497 e. The molecule has 0 radical (unpaired) electrons. The van der Waals surface area contributed by atoms with Crippen molar-refractivity contribution in [3.05, 3.63) is 47.0 Å². The first-order chi connectivity index (χ1) is 10.1. The molecule has 0 aliphatic heterocycles. The van der Waals surface area contributed by atoms with Gasteiger partial charge in [0, 0.05) is 30.3 Å². The number of hydrogen-bond donors (Lipinski definition) is 1. The number of aryl methyl sites for hydroxylation is 2. The lowest BCUT2D eigenvalue weighted by Gasteiger charge is -2.13. The van der Waals surface area contributed by atoms with E-state index in [9.17, 15) is 9.50 Å². The summed E-state index contributed by atoms with van der Waals surface area (Å²) in [6.07, 6.45) is 0.277.